The Labute approximate surface area is 128 Å². The van der Waals surface area contributed by atoms with E-state index in [9.17, 15) is 14.7 Å². The van der Waals surface area contributed by atoms with Crippen LogP contribution in [0.25, 0.3) is 0 Å². The van der Waals surface area contributed by atoms with Crippen molar-refractivity contribution in [2.75, 3.05) is 7.11 Å². The average molecular weight is 312 g/mol. The third-order valence-electron chi connectivity index (χ3n) is 2.57. The molecule has 0 bridgehead atoms. The topological polar surface area (TPSA) is 118 Å². The Hall–Kier alpha value is -2.35. The number of carboxylic acid groups (broad SMARTS) is 1. The second-order valence-corrected chi connectivity index (χ2v) is 5.54. The molecular formula is C14H20N2O6. The molecule has 0 aliphatic heterocycles. The second-order valence-electron chi connectivity index (χ2n) is 5.54. The Balaban J connectivity index is 2.97. The number of hydrogen-bond donors (Lipinski definition) is 3. The van der Waals surface area contributed by atoms with Crippen LogP contribution in [0.5, 0.6) is 5.88 Å². The highest BCUT2D eigenvalue weighted by Gasteiger charge is 2.30. The van der Waals surface area contributed by atoms with E-state index in [0.29, 0.717) is 11.4 Å². The lowest BCUT2D eigenvalue weighted by Crippen LogP contribution is -2.42. The van der Waals surface area contributed by atoms with Crippen LogP contribution >= 0.6 is 0 Å². The molecule has 0 aliphatic carbocycles. The van der Waals surface area contributed by atoms with Gasteiger partial charge < -0.3 is 25.0 Å². The molecular weight excluding hydrogens is 292 g/mol. The molecule has 22 heavy (non-hydrogen) atoms. The van der Waals surface area contributed by atoms with Crippen LogP contribution in [0.3, 0.4) is 0 Å². The summed E-state index contributed by atoms with van der Waals surface area (Å²) in [6, 6.07) is 1.79. The molecule has 1 aromatic heterocycles. The number of pyridine rings is 1. The Morgan fingerprint density at radius 1 is 1.32 bits per heavy atom. The molecule has 0 saturated carbocycles. The summed E-state index contributed by atoms with van der Waals surface area (Å²) in [4.78, 5) is 26.8. The third kappa shape index (κ3) is 5.21. The van der Waals surface area contributed by atoms with Gasteiger partial charge in [0.2, 0.25) is 5.88 Å². The zero-order valence-corrected chi connectivity index (χ0v) is 12.9. The van der Waals surface area contributed by atoms with Gasteiger partial charge in [-0.15, -0.1) is 0 Å². The Bertz CT molecular complexity index is 523. The van der Waals surface area contributed by atoms with Crippen LogP contribution in [-0.2, 0) is 9.53 Å². The Morgan fingerprint density at radius 3 is 2.36 bits per heavy atom. The molecule has 0 unspecified atom stereocenters. The number of nitrogens with zero attached hydrogens (tertiary/aromatic N) is 1. The number of alkyl carbamates (subject to hydrolysis) is 1. The summed E-state index contributed by atoms with van der Waals surface area (Å²) in [5, 5.41) is 21.1. The fourth-order valence-electron chi connectivity index (χ4n) is 1.62. The van der Waals surface area contributed by atoms with E-state index in [1.54, 1.807) is 20.8 Å². The van der Waals surface area contributed by atoms with Gasteiger partial charge in [-0.05, 0) is 32.4 Å². The number of aliphatic carboxylic acids is 1. The molecule has 0 fully saturated rings. The molecule has 0 aromatic carbocycles. The van der Waals surface area contributed by atoms with E-state index >= 15 is 0 Å². The van der Waals surface area contributed by atoms with Crippen molar-refractivity contribution in [1.82, 2.24) is 10.3 Å². The summed E-state index contributed by atoms with van der Waals surface area (Å²) in [6.07, 6.45) is -1.37. The first-order valence-electron chi connectivity index (χ1n) is 6.54. The molecule has 122 valence electrons. The van der Waals surface area contributed by atoms with E-state index in [2.05, 4.69) is 10.3 Å². The van der Waals surface area contributed by atoms with Gasteiger partial charge >= 0.3 is 12.1 Å². The lowest BCUT2D eigenvalue weighted by molar-refractivity contribution is -0.148. The van der Waals surface area contributed by atoms with Crippen molar-refractivity contribution in [3.8, 4) is 5.88 Å². The molecule has 3 N–H and O–H groups in total. The maximum atomic E-state index is 11.8. The summed E-state index contributed by atoms with van der Waals surface area (Å²) in [7, 11) is 1.44. The third-order valence-corrected chi connectivity index (χ3v) is 2.57. The van der Waals surface area contributed by atoms with Crippen LogP contribution in [0.15, 0.2) is 18.3 Å². The van der Waals surface area contributed by atoms with Crippen LogP contribution in [0.1, 0.15) is 32.4 Å². The van der Waals surface area contributed by atoms with Crippen LogP contribution in [-0.4, -0.2) is 46.1 Å². The van der Waals surface area contributed by atoms with E-state index in [1.165, 1.54) is 25.4 Å². The molecule has 1 rings (SSSR count). The van der Waals surface area contributed by atoms with E-state index in [4.69, 9.17) is 14.6 Å². The van der Waals surface area contributed by atoms with Crippen LogP contribution in [0, 0.1) is 0 Å². The molecule has 0 saturated heterocycles. The van der Waals surface area contributed by atoms with Gasteiger partial charge in [-0.25, -0.2) is 14.6 Å². The summed E-state index contributed by atoms with van der Waals surface area (Å²) < 4.78 is 9.97. The first-order chi connectivity index (χ1) is 10.1. The van der Waals surface area contributed by atoms with E-state index in [1.807, 2.05) is 0 Å². The summed E-state index contributed by atoms with van der Waals surface area (Å²) >= 11 is 0. The molecule has 1 heterocycles. The number of aliphatic hydroxyl groups excluding tert-OH is 1. The molecule has 0 radical (unpaired) electrons. The van der Waals surface area contributed by atoms with Gasteiger partial charge in [0.15, 0.2) is 6.10 Å². The van der Waals surface area contributed by atoms with Crippen LogP contribution in [0.2, 0.25) is 0 Å². The predicted molar refractivity (Wildman–Crippen MR) is 76.5 cm³/mol. The van der Waals surface area contributed by atoms with Gasteiger partial charge in [-0.2, -0.15) is 0 Å². The zero-order chi connectivity index (χ0) is 16.9. The molecule has 1 aromatic rings. The summed E-state index contributed by atoms with van der Waals surface area (Å²) in [5.41, 5.74) is -0.442. The maximum Gasteiger partial charge on any atom is 0.408 e. The van der Waals surface area contributed by atoms with Gasteiger partial charge in [0.25, 0.3) is 0 Å². The lowest BCUT2D eigenvalue weighted by Gasteiger charge is -2.25. The number of nitrogens with one attached hydrogen (secondary N) is 1. The minimum atomic E-state index is -1.84. The van der Waals surface area contributed by atoms with Crippen molar-refractivity contribution in [2.45, 2.75) is 38.5 Å². The predicted octanol–water partition coefficient (Wildman–Crippen LogP) is 1.10. The molecule has 0 aliphatic rings. The van der Waals surface area contributed by atoms with Gasteiger partial charge in [0.1, 0.15) is 5.60 Å². The van der Waals surface area contributed by atoms with Crippen molar-refractivity contribution >= 4 is 12.1 Å². The molecule has 0 spiro atoms. The van der Waals surface area contributed by atoms with Crippen molar-refractivity contribution in [3.63, 3.8) is 0 Å². The zero-order valence-electron chi connectivity index (χ0n) is 12.9. The minimum absolute atomic E-state index is 0.307. The lowest BCUT2D eigenvalue weighted by atomic mass is 10.0. The molecule has 8 nitrogen and oxygen atoms in total. The number of hydrogen-bond acceptors (Lipinski definition) is 6. The number of ether oxygens (including phenoxy) is 2. The van der Waals surface area contributed by atoms with Gasteiger partial charge in [0, 0.05) is 12.3 Å². The van der Waals surface area contributed by atoms with Gasteiger partial charge in [-0.1, -0.05) is 0 Å². The number of carbonyl (C=O) groups excluding carboxylic acids is 1. The summed E-state index contributed by atoms with van der Waals surface area (Å²) in [5.74, 6) is -1.15. The first-order valence-corrected chi connectivity index (χ1v) is 6.54. The van der Waals surface area contributed by atoms with Crippen molar-refractivity contribution < 1.29 is 29.3 Å². The van der Waals surface area contributed by atoms with Gasteiger partial charge in [-0.3, -0.25) is 0 Å². The number of amides is 1. The largest absolute Gasteiger partial charge is 0.481 e. The van der Waals surface area contributed by atoms with Crippen molar-refractivity contribution in [3.05, 3.63) is 23.9 Å². The Kier molecular flexibility index (Phi) is 5.69. The van der Waals surface area contributed by atoms with E-state index in [-0.39, 0.29) is 0 Å². The molecule has 2 atom stereocenters. The second kappa shape index (κ2) is 7.08. The van der Waals surface area contributed by atoms with E-state index in [0.717, 1.165) is 0 Å². The number of carboxylic acids is 1. The number of methoxy groups -OCH3 is 1. The molecule has 8 heteroatoms. The normalized spacial score (nSPS) is 13.9. The summed E-state index contributed by atoms with van der Waals surface area (Å²) in [6.45, 7) is 5.01. The van der Waals surface area contributed by atoms with Crippen molar-refractivity contribution in [1.29, 1.82) is 0 Å². The maximum absolute atomic E-state index is 11.8. The highest BCUT2D eigenvalue weighted by Crippen LogP contribution is 2.20. The Morgan fingerprint density at radius 2 is 1.95 bits per heavy atom. The van der Waals surface area contributed by atoms with Crippen LogP contribution in [0.4, 0.5) is 4.79 Å². The fourth-order valence-corrected chi connectivity index (χ4v) is 1.62. The monoisotopic (exact) mass is 312 g/mol. The number of rotatable bonds is 5. The fraction of sp³-hybridized carbons (Fsp3) is 0.500. The average Bonchev–Trinajstić information content (AvgIpc) is 2.42. The van der Waals surface area contributed by atoms with E-state index < -0.39 is 29.8 Å². The quantitative estimate of drug-likeness (QED) is 0.745. The van der Waals surface area contributed by atoms with Crippen LogP contribution < -0.4 is 10.1 Å². The number of aliphatic hydroxyl groups is 1. The first kappa shape index (κ1) is 17.7. The standard InChI is InChI=1S/C14H20N2O6/c1-14(2,3)22-13(20)16-10(11(17)12(18)19)8-5-6-9(21-4)15-7-8/h5-7,10-11,17H,1-4H3,(H,16,20)(H,18,19)/t10-,11-/m0/s1. The number of carbonyl (C=O) groups is 2. The molecule has 1 amide bonds. The number of aromatic nitrogens is 1. The van der Waals surface area contributed by atoms with Gasteiger partial charge in [0.05, 0.1) is 13.2 Å². The SMILES string of the molecule is COc1ccc([C@H](NC(=O)OC(C)(C)C)[C@H](O)C(=O)O)cn1. The van der Waals surface area contributed by atoms with Crippen molar-refractivity contribution in [2.24, 2.45) is 0 Å². The highest BCUT2D eigenvalue weighted by molar-refractivity contribution is 5.75. The smallest absolute Gasteiger partial charge is 0.408 e. The minimum Gasteiger partial charge on any atom is -0.481 e. The highest BCUT2D eigenvalue weighted by atomic mass is 16.6.